The van der Waals surface area contributed by atoms with E-state index in [9.17, 15) is 9.90 Å². The van der Waals surface area contributed by atoms with Gasteiger partial charge in [0.15, 0.2) is 5.76 Å². The first-order valence-electron chi connectivity index (χ1n) is 11.0. The van der Waals surface area contributed by atoms with Gasteiger partial charge in [0.2, 0.25) is 0 Å². The van der Waals surface area contributed by atoms with Crippen molar-refractivity contribution in [3.63, 3.8) is 0 Å². The highest BCUT2D eigenvalue weighted by Gasteiger charge is 2.50. The van der Waals surface area contributed by atoms with E-state index in [0.29, 0.717) is 18.7 Å². The summed E-state index contributed by atoms with van der Waals surface area (Å²) in [6.45, 7) is 6.79. The molecular weight excluding hydrogens is 364 g/mol. The molecule has 1 saturated carbocycles. The average Bonchev–Trinajstić information content (AvgIpc) is 3.28. The molecule has 2 fully saturated rings. The molecule has 1 aromatic carbocycles. The molecule has 2 aliphatic rings. The van der Waals surface area contributed by atoms with Crippen molar-refractivity contribution in [2.45, 2.75) is 57.6 Å². The number of fused-ring (bicyclic) bond motifs is 1. The molecule has 0 unspecified atom stereocenters. The van der Waals surface area contributed by atoms with Crippen molar-refractivity contribution >= 4 is 11.6 Å². The van der Waals surface area contributed by atoms with Crippen LogP contribution in [0.15, 0.2) is 47.1 Å². The number of amides is 1. The summed E-state index contributed by atoms with van der Waals surface area (Å²) >= 11 is 0. The van der Waals surface area contributed by atoms with Crippen LogP contribution in [0.2, 0.25) is 0 Å². The Kier molecular flexibility index (Phi) is 5.68. The second-order valence-electron chi connectivity index (χ2n) is 8.39. The molecule has 2 aromatic rings. The van der Waals surface area contributed by atoms with Gasteiger partial charge in [0, 0.05) is 31.2 Å². The first kappa shape index (κ1) is 20.0. The van der Waals surface area contributed by atoms with Gasteiger partial charge >= 0.3 is 0 Å². The van der Waals surface area contributed by atoms with Crippen molar-refractivity contribution in [1.82, 2.24) is 4.90 Å². The highest BCUT2D eigenvalue weighted by molar-refractivity contribution is 5.92. The van der Waals surface area contributed by atoms with Crippen LogP contribution in [0.3, 0.4) is 0 Å². The number of aliphatic hydroxyl groups is 1. The van der Waals surface area contributed by atoms with Gasteiger partial charge in [-0.1, -0.05) is 25.0 Å². The van der Waals surface area contributed by atoms with Crippen LogP contribution in [0.25, 0.3) is 0 Å². The molecule has 3 atom stereocenters. The van der Waals surface area contributed by atoms with Crippen LogP contribution in [0.4, 0.5) is 5.69 Å². The molecular formula is C24H32N2O3. The summed E-state index contributed by atoms with van der Waals surface area (Å²) in [6.07, 6.45) is 6.12. The van der Waals surface area contributed by atoms with Gasteiger partial charge in [-0.15, -0.1) is 0 Å². The van der Waals surface area contributed by atoms with Gasteiger partial charge in [-0.2, -0.15) is 0 Å². The Labute approximate surface area is 173 Å². The fourth-order valence-electron chi connectivity index (χ4n) is 5.33. The van der Waals surface area contributed by atoms with Crippen LogP contribution in [-0.2, 0) is 0 Å². The molecule has 0 bridgehead atoms. The summed E-state index contributed by atoms with van der Waals surface area (Å²) in [5.74, 6) is 0.347. The van der Waals surface area contributed by atoms with E-state index >= 15 is 0 Å². The average molecular weight is 397 g/mol. The molecule has 156 valence electrons. The maximum atomic E-state index is 13.2. The minimum atomic E-state index is -0.680. The lowest BCUT2D eigenvalue weighted by Crippen LogP contribution is -2.56. The number of nitrogens with zero attached hydrogens (tertiary/aromatic N) is 2. The van der Waals surface area contributed by atoms with Gasteiger partial charge in [-0.25, -0.2) is 0 Å². The normalized spacial score (nSPS) is 26.8. The van der Waals surface area contributed by atoms with Crippen LogP contribution in [0.5, 0.6) is 0 Å². The lowest BCUT2D eigenvalue weighted by Gasteiger charge is -2.52. The summed E-state index contributed by atoms with van der Waals surface area (Å²) in [5, 5.41) is 11.4. The number of rotatable bonds is 5. The number of carbonyl (C=O) groups is 1. The highest BCUT2D eigenvalue weighted by atomic mass is 16.3. The van der Waals surface area contributed by atoms with Crippen molar-refractivity contribution in [2.75, 3.05) is 24.5 Å². The van der Waals surface area contributed by atoms with Crippen LogP contribution in [0, 0.1) is 5.92 Å². The number of furan rings is 1. The first-order chi connectivity index (χ1) is 14.1. The van der Waals surface area contributed by atoms with E-state index in [0.717, 1.165) is 44.3 Å². The lowest BCUT2D eigenvalue weighted by atomic mass is 9.66. The Balaban J connectivity index is 1.70. The number of likely N-dealkylation sites (tertiary alicyclic amines) is 1. The number of piperidine rings is 1. The topological polar surface area (TPSA) is 56.9 Å². The predicted octanol–water partition coefficient (Wildman–Crippen LogP) is 4.63. The van der Waals surface area contributed by atoms with Gasteiger partial charge in [0.1, 0.15) is 0 Å². The van der Waals surface area contributed by atoms with E-state index in [4.69, 9.17) is 4.42 Å². The molecule has 1 amide bonds. The molecule has 1 aromatic heterocycles. The minimum Gasteiger partial charge on any atom is -0.459 e. The zero-order valence-corrected chi connectivity index (χ0v) is 17.5. The molecule has 2 heterocycles. The molecule has 4 rings (SSSR count). The number of anilines is 1. The van der Waals surface area contributed by atoms with E-state index in [2.05, 4.69) is 43.0 Å². The first-order valence-corrected chi connectivity index (χ1v) is 11.0. The van der Waals surface area contributed by atoms with Gasteiger partial charge in [0.05, 0.1) is 17.9 Å². The van der Waals surface area contributed by atoms with Gasteiger partial charge in [-0.3, -0.25) is 4.79 Å². The monoisotopic (exact) mass is 396 g/mol. The molecule has 29 heavy (non-hydrogen) atoms. The Morgan fingerprint density at radius 2 is 1.93 bits per heavy atom. The minimum absolute atomic E-state index is 0.0585. The summed E-state index contributed by atoms with van der Waals surface area (Å²) in [6, 6.07) is 11.9. The van der Waals surface area contributed by atoms with Crippen molar-refractivity contribution in [3.8, 4) is 0 Å². The smallest absolute Gasteiger partial charge is 0.290 e. The highest BCUT2D eigenvalue weighted by Crippen LogP contribution is 2.49. The summed E-state index contributed by atoms with van der Waals surface area (Å²) in [4.78, 5) is 17.5. The van der Waals surface area contributed by atoms with Crippen molar-refractivity contribution in [2.24, 2.45) is 5.92 Å². The standard InChI is InChI=1S/C24H32N2O3/c1-3-25(4-2)19-12-10-18(11-13-19)22-20-8-5-6-14-24(20,28)15-16-26(22)23(27)21-9-7-17-29-21/h7,9-13,17,20,22,28H,3-6,8,14-16H2,1-2H3/t20-,22-,24+/m1/s1. The number of carbonyl (C=O) groups excluding carboxylic acids is 1. The van der Waals surface area contributed by atoms with Gasteiger partial charge < -0.3 is 19.3 Å². The van der Waals surface area contributed by atoms with Crippen LogP contribution >= 0.6 is 0 Å². The Bertz CT molecular complexity index is 813. The molecule has 1 aliphatic carbocycles. The summed E-state index contributed by atoms with van der Waals surface area (Å²) in [5.41, 5.74) is 1.61. The van der Waals surface area contributed by atoms with E-state index in [1.54, 1.807) is 18.4 Å². The molecule has 0 spiro atoms. The third-order valence-corrected chi connectivity index (χ3v) is 6.92. The Morgan fingerprint density at radius 3 is 2.59 bits per heavy atom. The SMILES string of the molecule is CCN(CC)c1ccc([C@@H]2[C@H]3CCCC[C@]3(O)CCN2C(=O)c2ccco2)cc1. The fraction of sp³-hybridized carbons (Fsp3) is 0.542. The summed E-state index contributed by atoms with van der Waals surface area (Å²) in [7, 11) is 0. The molecule has 5 nitrogen and oxygen atoms in total. The second kappa shape index (κ2) is 8.23. The predicted molar refractivity (Wildman–Crippen MR) is 114 cm³/mol. The van der Waals surface area contributed by atoms with E-state index in [-0.39, 0.29) is 17.9 Å². The van der Waals surface area contributed by atoms with Crippen LogP contribution < -0.4 is 4.90 Å². The third-order valence-electron chi connectivity index (χ3n) is 6.92. The molecule has 1 N–H and O–H groups in total. The zero-order valence-electron chi connectivity index (χ0n) is 17.5. The summed E-state index contributed by atoms with van der Waals surface area (Å²) < 4.78 is 5.41. The second-order valence-corrected chi connectivity index (χ2v) is 8.39. The van der Waals surface area contributed by atoms with Gasteiger partial charge in [0.25, 0.3) is 5.91 Å². The molecule has 5 heteroatoms. The van der Waals surface area contributed by atoms with Crippen LogP contribution in [-0.4, -0.2) is 41.1 Å². The van der Waals surface area contributed by atoms with E-state index < -0.39 is 5.60 Å². The molecule has 0 radical (unpaired) electrons. The van der Waals surface area contributed by atoms with Crippen LogP contribution in [0.1, 0.15) is 68.1 Å². The maximum Gasteiger partial charge on any atom is 0.290 e. The van der Waals surface area contributed by atoms with E-state index in [1.807, 2.05) is 4.90 Å². The number of hydrogen-bond acceptors (Lipinski definition) is 4. The quantitative estimate of drug-likeness (QED) is 0.800. The largest absolute Gasteiger partial charge is 0.459 e. The number of benzene rings is 1. The zero-order chi connectivity index (χ0) is 20.4. The Morgan fingerprint density at radius 1 is 1.17 bits per heavy atom. The third kappa shape index (κ3) is 3.68. The molecule has 1 aliphatic heterocycles. The number of hydrogen-bond donors (Lipinski definition) is 1. The Hall–Kier alpha value is -2.27. The molecule has 1 saturated heterocycles. The van der Waals surface area contributed by atoms with Gasteiger partial charge in [-0.05, 0) is 62.9 Å². The van der Waals surface area contributed by atoms with Crippen molar-refractivity contribution in [3.05, 3.63) is 54.0 Å². The van der Waals surface area contributed by atoms with Crippen molar-refractivity contribution in [1.29, 1.82) is 0 Å². The maximum absolute atomic E-state index is 13.2. The van der Waals surface area contributed by atoms with Crippen molar-refractivity contribution < 1.29 is 14.3 Å². The van der Waals surface area contributed by atoms with E-state index in [1.165, 1.54) is 5.69 Å². The lowest BCUT2D eigenvalue weighted by molar-refractivity contribution is -0.115. The fourth-order valence-corrected chi connectivity index (χ4v) is 5.33.